The number of amides is 1. The van der Waals surface area contributed by atoms with E-state index in [2.05, 4.69) is 31.3 Å². The minimum absolute atomic E-state index is 0.0246. The van der Waals surface area contributed by atoms with Gasteiger partial charge in [0.1, 0.15) is 0 Å². The molecule has 0 fully saturated rings. The smallest absolute Gasteiger partial charge is 0.295 e. The van der Waals surface area contributed by atoms with E-state index < -0.39 is 5.91 Å². The van der Waals surface area contributed by atoms with E-state index >= 15 is 0 Å². The Morgan fingerprint density at radius 2 is 1.74 bits per heavy atom. The molecule has 4 rings (SSSR count). The molecule has 5 nitrogen and oxygen atoms in total. The molecule has 8 heteroatoms. The zero-order valence-corrected chi connectivity index (χ0v) is 19.8. The highest BCUT2D eigenvalue weighted by Crippen LogP contribution is 2.28. The van der Waals surface area contributed by atoms with Crippen molar-refractivity contribution in [3.8, 4) is 17.1 Å². The standard InChI is InChI=1S/C23H17BrCl2N4O/c1-13-6-11-17(25)12-19(13)30-22(15-7-9-16(24)10-8-15)28-21(29-30)23(31)27-20-14(2)4-3-5-18(20)26/h3-12H,1-2H3,(H,27,31). The number of halogens is 3. The van der Waals surface area contributed by atoms with Gasteiger partial charge in [0.15, 0.2) is 5.82 Å². The molecule has 1 heterocycles. The highest BCUT2D eigenvalue weighted by Gasteiger charge is 2.21. The second kappa shape index (κ2) is 8.83. The summed E-state index contributed by atoms with van der Waals surface area (Å²) >= 11 is 15.9. The first kappa shape index (κ1) is 21.6. The number of hydrogen-bond acceptors (Lipinski definition) is 3. The maximum Gasteiger partial charge on any atom is 0.295 e. The second-order valence-electron chi connectivity index (χ2n) is 6.99. The molecular weight excluding hydrogens is 499 g/mol. The lowest BCUT2D eigenvalue weighted by Gasteiger charge is -2.10. The predicted molar refractivity (Wildman–Crippen MR) is 128 cm³/mol. The number of carbonyl (C=O) groups is 1. The molecule has 0 atom stereocenters. The van der Waals surface area contributed by atoms with Crippen LogP contribution in [0.25, 0.3) is 17.1 Å². The van der Waals surface area contributed by atoms with Gasteiger partial charge in [-0.15, -0.1) is 5.10 Å². The molecule has 0 aliphatic heterocycles. The van der Waals surface area contributed by atoms with E-state index in [1.807, 2.05) is 62.4 Å². The van der Waals surface area contributed by atoms with E-state index in [4.69, 9.17) is 23.2 Å². The Kier molecular flexibility index (Phi) is 6.14. The first-order valence-corrected chi connectivity index (χ1v) is 10.9. The normalized spacial score (nSPS) is 10.9. The number of anilines is 1. The average molecular weight is 516 g/mol. The third-order valence-electron chi connectivity index (χ3n) is 4.77. The van der Waals surface area contributed by atoms with E-state index in [0.29, 0.717) is 21.6 Å². The molecule has 0 saturated carbocycles. The minimum Gasteiger partial charge on any atom is -0.318 e. The number of nitrogens with zero attached hydrogens (tertiary/aromatic N) is 3. The Morgan fingerprint density at radius 3 is 2.45 bits per heavy atom. The van der Waals surface area contributed by atoms with Crippen molar-refractivity contribution >= 4 is 50.7 Å². The van der Waals surface area contributed by atoms with Gasteiger partial charge >= 0.3 is 0 Å². The van der Waals surface area contributed by atoms with Gasteiger partial charge in [-0.3, -0.25) is 4.79 Å². The summed E-state index contributed by atoms with van der Waals surface area (Å²) < 4.78 is 2.58. The quantitative estimate of drug-likeness (QED) is 0.322. The number of hydrogen-bond donors (Lipinski definition) is 1. The Bertz CT molecular complexity index is 1270. The van der Waals surface area contributed by atoms with Crippen LogP contribution in [0.4, 0.5) is 5.69 Å². The van der Waals surface area contributed by atoms with Crippen molar-refractivity contribution in [2.45, 2.75) is 13.8 Å². The van der Waals surface area contributed by atoms with Crippen molar-refractivity contribution < 1.29 is 4.79 Å². The lowest BCUT2D eigenvalue weighted by molar-refractivity contribution is 0.101. The Morgan fingerprint density at radius 1 is 1.00 bits per heavy atom. The monoisotopic (exact) mass is 514 g/mol. The van der Waals surface area contributed by atoms with Crippen molar-refractivity contribution in [2.75, 3.05) is 5.32 Å². The zero-order chi connectivity index (χ0) is 22.1. The first-order chi connectivity index (χ1) is 14.8. The number of nitrogens with one attached hydrogen (secondary N) is 1. The Labute approximate surface area is 198 Å². The summed E-state index contributed by atoms with van der Waals surface area (Å²) in [6.07, 6.45) is 0. The van der Waals surface area contributed by atoms with Crippen LogP contribution >= 0.6 is 39.1 Å². The maximum absolute atomic E-state index is 13.0. The summed E-state index contributed by atoms with van der Waals surface area (Å²) in [6, 6.07) is 18.6. The molecule has 0 spiro atoms. The fourth-order valence-corrected chi connectivity index (χ4v) is 3.83. The van der Waals surface area contributed by atoms with Gasteiger partial charge in [0.25, 0.3) is 5.91 Å². The number of aryl methyl sites for hydroxylation is 2. The van der Waals surface area contributed by atoms with Crippen LogP contribution in [0, 0.1) is 13.8 Å². The van der Waals surface area contributed by atoms with Crippen molar-refractivity contribution in [1.82, 2.24) is 14.8 Å². The first-order valence-electron chi connectivity index (χ1n) is 9.39. The van der Waals surface area contributed by atoms with Gasteiger partial charge in [-0.1, -0.05) is 69.5 Å². The van der Waals surface area contributed by atoms with Crippen LogP contribution in [0.15, 0.2) is 65.1 Å². The summed E-state index contributed by atoms with van der Waals surface area (Å²) in [7, 11) is 0. The zero-order valence-electron chi connectivity index (χ0n) is 16.7. The van der Waals surface area contributed by atoms with Crippen LogP contribution in [0.2, 0.25) is 10.0 Å². The number of rotatable bonds is 4. The molecule has 0 saturated heterocycles. The van der Waals surface area contributed by atoms with Gasteiger partial charge in [0.2, 0.25) is 5.82 Å². The molecule has 0 unspecified atom stereocenters. The highest BCUT2D eigenvalue weighted by molar-refractivity contribution is 9.10. The third-order valence-corrected chi connectivity index (χ3v) is 5.85. The van der Waals surface area contributed by atoms with Gasteiger partial charge in [-0.25, -0.2) is 9.67 Å². The maximum atomic E-state index is 13.0. The number of para-hydroxylation sites is 1. The molecular formula is C23H17BrCl2N4O. The molecule has 0 bridgehead atoms. The fourth-order valence-electron chi connectivity index (χ4n) is 3.13. The van der Waals surface area contributed by atoms with E-state index in [-0.39, 0.29) is 5.82 Å². The lowest BCUT2D eigenvalue weighted by Crippen LogP contribution is -2.15. The highest BCUT2D eigenvalue weighted by atomic mass is 79.9. The number of aromatic nitrogens is 3. The molecule has 0 aliphatic rings. The summed E-state index contributed by atoms with van der Waals surface area (Å²) in [4.78, 5) is 17.6. The molecule has 156 valence electrons. The third kappa shape index (κ3) is 4.51. The number of carbonyl (C=O) groups excluding carboxylic acids is 1. The van der Waals surface area contributed by atoms with Crippen LogP contribution in [0.3, 0.4) is 0 Å². The second-order valence-corrected chi connectivity index (χ2v) is 8.75. The predicted octanol–water partition coefficient (Wildman–Crippen LogP) is 6.87. The van der Waals surface area contributed by atoms with Crippen molar-refractivity contribution in [3.05, 3.63) is 92.1 Å². The van der Waals surface area contributed by atoms with Crippen LogP contribution in [-0.2, 0) is 0 Å². The largest absolute Gasteiger partial charge is 0.318 e. The SMILES string of the molecule is Cc1ccc(Cl)cc1-n1nc(C(=O)Nc2c(C)cccc2Cl)nc1-c1ccc(Br)cc1. The van der Waals surface area contributed by atoms with E-state index in [1.165, 1.54) is 0 Å². The lowest BCUT2D eigenvalue weighted by atomic mass is 10.2. The van der Waals surface area contributed by atoms with Crippen molar-refractivity contribution in [2.24, 2.45) is 0 Å². The van der Waals surface area contributed by atoms with Crippen LogP contribution in [-0.4, -0.2) is 20.7 Å². The average Bonchev–Trinajstić information content (AvgIpc) is 3.18. The van der Waals surface area contributed by atoms with Crippen molar-refractivity contribution in [1.29, 1.82) is 0 Å². The summed E-state index contributed by atoms with van der Waals surface area (Å²) in [5.41, 5.74) is 3.88. The van der Waals surface area contributed by atoms with Gasteiger partial charge in [0.05, 0.1) is 16.4 Å². The molecule has 31 heavy (non-hydrogen) atoms. The molecule has 1 amide bonds. The summed E-state index contributed by atoms with van der Waals surface area (Å²) in [6.45, 7) is 3.82. The minimum atomic E-state index is -0.451. The molecule has 0 aliphatic carbocycles. The number of benzene rings is 3. The van der Waals surface area contributed by atoms with E-state index in [1.54, 1.807) is 16.8 Å². The van der Waals surface area contributed by atoms with Gasteiger partial charge in [-0.2, -0.15) is 0 Å². The fraction of sp³-hybridized carbons (Fsp3) is 0.0870. The van der Waals surface area contributed by atoms with E-state index in [0.717, 1.165) is 26.9 Å². The molecule has 3 aromatic carbocycles. The van der Waals surface area contributed by atoms with Crippen molar-refractivity contribution in [3.63, 3.8) is 0 Å². The molecule has 4 aromatic rings. The van der Waals surface area contributed by atoms with Gasteiger partial charge in [-0.05, 0) is 55.3 Å². The Balaban J connectivity index is 1.82. The molecule has 1 aromatic heterocycles. The van der Waals surface area contributed by atoms with Crippen LogP contribution < -0.4 is 5.32 Å². The Hall–Kier alpha value is -2.67. The molecule has 1 N–H and O–H groups in total. The van der Waals surface area contributed by atoms with Gasteiger partial charge in [0, 0.05) is 15.1 Å². The van der Waals surface area contributed by atoms with Gasteiger partial charge < -0.3 is 5.32 Å². The summed E-state index contributed by atoms with van der Waals surface area (Å²) in [5, 5.41) is 8.36. The molecule has 0 radical (unpaired) electrons. The summed E-state index contributed by atoms with van der Waals surface area (Å²) in [5.74, 6) is 0.100. The van der Waals surface area contributed by atoms with Crippen LogP contribution in [0.1, 0.15) is 21.7 Å². The topological polar surface area (TPSA) is 59.8 Å². The van der Waals surface area contributed by atoms with E-state index in [9.17, 15) is 4.79 Å². The van der Waals surface area contributed by atoms with Crippen LogP contribution in [0.5, 0.6) is 0 Å².